The third kappa shape index (κ3) is 5.25. The number of carboxylic acid groups (broad SMARTS) is 1. The molecule has 7 nitrogen and oxygen atoms in total. The molecule has 1 saturated carbocycles. The second kappa shape index (κ2) is 10.4. The highest BCUT2D eigenvalue weighted by Gasteiger charge is 2.36. The van der Waals surface area contributed by atoms with Crippen LogP contribution in [0.1, 0.15) is 49.9 Å². The number of carbonyl (C=O) groups is 3. The number of hydrogen-bond donors (Lipinski definition) is 2. The van der Waals surface area contributed by atoms with Crippen molar-refractivity contribution in [1.29, 1.82) is 0 Å². The number of carboxylic acids is 1. The zero-order chi connectivity index (χ0) is 22.4. The quantitative estimate of drug-likeness (QED) is 0.565. The van der Waals surface area contributed by atoms with Gasteiger partial charge >= 0.3 is 11.9 Å². The first kappa shape index (κ1) is 22.8. The van der Waals surface area contributed by atoms with Crippen molar-refractivity contribution in [3.63, 3.8) is 0 Å². The Hall–Kier alpha value is -2.87. The summed E-state index contributed by atoms with van der Waals surface area (Å²) in [5, 5.41) is 14.5. The van der Waals surface area contributed by atoms with Crippen LogP contribution in [-0.4, -0.2) is 36.2 Å². The topological polar surface area (TPSA) is 102 Å². The maximum Gasteiger partial charge on any atom is 0.341 e. The Morgan fingerprint density at radius 2 is 1.74 bits per heavy atom. The van der Waals surface area contributed by atoms with Gasteiger partial charge in [0.2, 0.25) is 5.91 Å². The van der Waals surface area contributed by atoms with Crippen LogP contribution in [0.2, 0.25) is 0 Å². The van der Waals surface area contributed by atoms with Gasteiger partial charge in [-0.15, -0.1) is 11.3 Å². The molecule has 166 valence electrons. The van der Waals surface area contributed by atoms with Crippen molar-refractivity contribution in [3.05, 3.63) is 35.2 Å². The Kier molecular flexibility index (Phi) is 7.68. The molecule has 0 spiro atoms. The van der Waals surface area contributed by atoms with E-state index in [1.54, 1.807) is 12.3 Å². The van der Waals surface area contributed by atoms with Gasteiger partial charge in [-0.25, -0.2) is 4.79 Å². The molecule has 2 atom stereocenters. The molecule has 1 amide bonds. The van der Waals surface area contributed by atoms with Crippen LogP contribution < -0.4 is 10.1 Å². The monoisotopic (exact) mass is 445 g/mol. The first-order chi connectivity index (χ1) is 15.0. The molecule has 2 N–H and O–H groups in total. The molecule has 2 aromatic rings. The molecule has 0 saturated heterocycles. The van der Waals surface area contributed by atoms with Crippen molar-refractivity contribution < 1.29 is 29.0 Å². The second-order valence-corrected chi connectivity index (χ2v) is 8.24. The van der Waals surface area contributed by atoms with E-state index in [1.807, 2.05) is 31.2 Å². The highest BCUT2D eigenvalue weighted by atomic mass is 32.1. The maximum atomic E-state index is 12.9. The van der Waals surface area contributed by atoms with Gasteiger partial charge in [0.05, 0.1) is 25.0 Å². The van der Waals surface area contributed by atoms with Crippen LogP contribution >= 0.6 is 11.3 Å². The average Bonchev–Trinajstić information content (AvgIpc) is 3.18. The fourth-order valence-electron chi connectivity index (χ4n) is 3.91. The number of aliphatic carboxylic acids is 1. The lowest BCUT2D eigenvalue weighted by molar-refractivity contribution is -0.147. The van der Waals surface area contributed by atoms with Crippen LogP contribution in [0.15, 0.2) is 29.6 Å². The molecular formula is C23H27NO6S. The molecule has 8 heteroatoms. The predicted octanol–water partition coefficient (Wildman–Crippen LogP) is 4.82. The van der Waals surface area contributed by atoms with Gasteiger partial charge in [-0.05, 0) is 44.4 Å². The summed E-state index contributed by atoms with van der Waals surface area (Å²) in [7, 11) is 0. The summed E-state index contributed by atoms with van der Waals surface area (Å²) in [5.41, 5.74) is 1.73. The number of nitrogens with one attached hydrogen (secondary N) is 1. The van der Waals surface area contributed by atoms with Crippen LogP contribution in [0.25, 0.3) is 11.1 Å². The van der Waals surface area contributed by atoms with Gasteiger partial charge in [0.15, 0.2) is 0 Å². The maximum absolute atomic E-state index is 12.9. The van der Waals surface area contributed by atoms with Crippen molar-refractivity contribution in [2.75, 3.05) is 18.5 Å². The molecule has 1 aromatic carbocycles. The smallest absolute Gasteiger partial charge is 0.341 e. The predicted molar refractivity (Wildman–Crippen MR) is 119 cm³/mol. The number of rotatable bonds is 8. The summed E-state index contributed by atoms with van der Waals surface area (Å²) in [6, 6.07) is 7.35. The Morgan fingerprint density at radius 1 is 1.06 bits per heavy atom. The summed E-state index contributed by atoms with van der Waals surface area (Å²) in [6.45, 7) is 4.38. The zero-order valence-electron chi connectivity index (χ0n) is 17.7. The molecule has 3 rings (SSSR count). The molecule has 1 aliphatic carbocycles. The van der Waals surface area contributed by atoms with E-state index in [2.05, 4.69) is 5.32 Å². The molecular weight excluding hydrogens is 418 g/mol. The van der Waals surface area contributed by atoms with Crippen molar-refractivity contribution in [2.45, 2.75) is 39.5 Å². The van der Waals surface area contributed by atoms with E-state index >= 15 is 0 Å². The van der Waals surface area contributed by atoms with Crippen LogP contribution in [0.3, 0.4) is 0 Å². The van der Waals surface area contributed by atoms with Crippen LogP contribution in [0.4, 0.5) is 5.00 Å². The molecule has 0 bridgehead atoms. The molecule has 1 aliphatic rings. The number of ether oxygens (including phenoxy) is 2. The Labute approximate surface area is 185 Å². The molecule has 1 aromatic heterocycles. The molecule has 31 heavy (non-hydrogen) atoms. The number of anilines is 1. The Morgan fingerprint density at radius 3 is 2.35 bits per heavy atom. The van der Waals surface area contributed by atoms with E-state index in [9.17, 15) is 19.5 Å². The molecule has 0 unspecified atom stereocenters. The minimum absolute atomic E-state index is 0.203. The molecule has 1 fully saturated rings. The lowest BCUT2D eigenvalue weighted by Crippen LogP contribution is -2.36. The summed E-state index contributed by atoms with van der Waals surface area (Å²) < 4.78 is 10.7. The molecule has 0 radical (unpaired) electrons. The normalized spacial score (nSPS) is 18.3. The van der Waals surface area contributed by atoms with Crippen molar-refractivity contribution in [3.8, 4) is 16.9 Å². The Balaban J connectivity index is 1.90. The van der Waals surface area contributed by atoms with Gasteiger partial charge in [-0.1, -0.05) is 25.0 Å². The van der Waals surface area contributed by atoms with Gasteiger partial charge in [0.25, 0.3) is 0 Å². The lowest BCUT2D eigenvalue weighted by Gasteiger charge is -2.27. The van der Waals surface area contributed by atoms with Crippen LogP contribution in [-0.2, 0) is 14.3 Å². The number of hydrogen-bond acceptors (Lipinski definition) is 6. The van der Waals surface area contributed by atoms with Gasteiger partial charge in [0.1, 0.15) is 16.3 Å². The van der Waals surface area contributed by atoms with Gasteiger partial charge in [-0.2, -0.15) is 0 Å². The third-order valence-corrected chi connectivity index (χ3v) is 6.30. The lowest BCUT2D eigenvalue weighted by atomic mass is 9.79. The number of benzene rings is 1. The van der Waals surface area contributed by atoms with Gasteiger partial charge in [0, 0.05) is 10.9 Å². The Bertz CT molecular complexity index is 936. The number of thiophene rings is 1. The van der Waals surface area contributed by atoms with E-state index in [4.69, 9.17) is 9.47 Å². The average molecular weight is 446 g/mol. The zero-order valence-corrected chi connectivity index (χ0v) is 18.5. The largest absolute Gasteiger partial charge is 0.494 e. The fraction of sp³-hybridized carbons (Fsp3) is 0.435. The highest BCUT2D eigenvalue weighted by Crippen LogP contribution is 2.38. The fourth-order valence-corrected chi connectivity index (χ4v) is 4.87. The number of carbonyl (C=O) groups excluding carboxylic acids is 2. The number of amides is 1. The van der Waals surface area contributed by atoms with E-state index < -0.39 is 23.8 Å². The van der Waals surface area contributed by atoms with E-state index in [1.165, 1.54) is 11.3 Å². The number of esters is 1. The first-order valence-corrected chi connectivity index (χ1v) is 11.4. The molecule has 1 heterocycles. The highest BCUT2D eigenvalue weighted by molar-refractivity contribution is 7.15. The van der Waals surface area contributed by atoms with Crippen LogP contribution in [0, 0.1) is 11.8 Å². The summed E-state index contributed by atoms with van der Waals surface area (Å²) in [6.07, 6.45) is 2.62. The van der Waals surface area contributed by atoms with Crippen LogP contribution in [0.5, 0.6) is 5.75 Å². The van der Waals surface area contributed by atoms with Crippen molar-refractivity contribution >= 4 is 34.2 Å². The summed E-state index contributed by atoms with van der Waals surface area (Å²) in [5.74, 6) is -2.43. The second-order valence-electron chi connectivity index (χ2n) is 7.36. The first-order valence-electron chi connectivity index (χ1n) is 10.5. The summed E-state index contributed by atoms with van der Waals surface area (Å²) in [4.78, 5) is 37.3. The van der Waals surface area contributed by atoms with E-state index in [-0.39, 0.29) is 18.1 Å². The standard InChI is InChI=1S/C23H27NO6S/c1-3-29-15-11-9-14(10-12-15)18-13-31-21(19(18)23(28)30-4-2)24-20(25)16-7-5-6-8-17(16)22(26)27/h9-13,16-17H,3-8H2,1-2H3,(H,24,25)(H,26,27)/t16-,17-/m0/s1. The molecule has 0 aliphatic heterocycles. The summed E-state index contributed by atoms with van der Waals surface area (Å²) >= 11 is 1.23. The SMILES string of the molecule is CCOC(=O)c1c(-c2ccc(OCC)cc2)csc1NC(=O)[C@H]1CCCC[C@@H]1C(=O)O. The van der Waals surface area contributed by atoms with Crippen molar-refractivity contribution in [1.82, 2.24) is 0 Å². The minimum atomic E-state index is -0.952. The van der Waals surface area contributed by atoms with Gasteiger partial charge in [-0.3, -0.25) is 9.59 Å². The van der Waals surface area contributed by atoms with Crippen molar-refractivity contribution in [2.24, 2.45) is 11.8 Å². The third-order valence-electron chi connectivity index (χ3n) is 5.40. The minimum Gasteiger partial charge on any atom is -0.494 e. The van der Waals surface area contributed by atoms with E-state index in [0.29, 0.717) is 30.0 Å². The van der Waals surface area contributed by atoms with E-state index in [0.717, 1.165) is 24.2 Å². The van der Waals surface area contributed by atoms with Gasteiger partial charge < -0.3 is 19.9 Å².